The normalized spacial score (nSPS) is 16.2. The van der Waals surface area contributed by atoms with E-state index >= 15 is 0 Å². The van der Waals surface area contributed by atoms with Gasteiger partial charge in [0, 0.05) is 19.3 Å². The molecule has 1 aliphatic rings. The van der Waals surface area contributed by atoms with Crippen molar-refractivity contribution in [3.05, 3.63) is 34.2 Å². The van der Waals surface area contributed by atoms with Crippen molar-refractivity contribution >= 4 is 11.9 Å². The van der Waals surface area contributed by atoms with Gasteiger partial charge in [-0.25, -0.2) is 0 Å². The van der Waals surface area contributed by atoms with Crippen molar-refractivity contribution in [1.82, 2.24) is 9.88 Å². The Labute approximate surface area is 110 Å². The molecule has 102 valence electrons. The number of carbonyl (C=O) groups is 2. The molecule has 0 aliphatic carbocycles. The summed E-state index contributed by atoms with van der Waals surface area (Å²) in [6.45, 7) is 0.930. The monoisotopic (exact) mass is 264 g/mol. The van der Waals surface area contributed by atoms with Gasteiger partial charge in [0.25, 0.3) is 11.5 Å². The van der Waals surface area contributed by atoms with Gasteiger partial charge in [-0.1, -0.05) is 0 Å². The molecule has 6 nitrogen and oxygen atoms in total. The Morgan fingerprint density at radius 1 is 1.37 bits per heavy atom. The summed E-state index contributed by atoms with van der Waals surface area (Å²) in [7, 11) is 1.36. The van der Waals surface area contributed by atoms with E-state index < -0.39 is 0 Å². The van der Waals surface area contributed by atoms with Crippen molar-refractivity contribution in [2.24, 2.45) is 5.92 Å². The number of nitrogens with one attached hydrogen (secondary N) is 1. The minimum absolute atomic E-state index is 0.138. The van der Waals surface area contributed by atoms with E-state index in [-0.39, 0.29) is 28.9 Å². The smallest absolute Gasteiger partial charge is 0.308 e. The van der Waals surface area contributed by atoms with Gasteiger partial charge in [-0.2, -0.15) is 0 Å². The van der Waals surface area contributed by atoms with E-state index in [4.69, 9.17) is 4.74 Å². The van der Waals surface area contributed by atoms with Crippen molar-refractivity contribution in [3.63, 3.8) is 0 Å². The number of pyridine rings is 1. The summed E-state index contributed by atoms with van der Waals surface area (Å²) in [4.78, 5) is 39.2. The minimum atomic E-state index is -0.386. The number of hydrogen-bond donors (Lipinski definition) is 1. The van der Waals surface area contributed by atoms with Crippen LogP contribution in [0.15, 0.2) is 23.1 Å². The third kappa shape index (κ3) is 2.83. The quantitative estimate of drug-likeness (QED) is 0.784. The van der Waals surface area contributed by atoms with Crippen molar-refractivity contribution in [2.45, 2.75) is 12.8 Å². The van der Waals surface area contributed by atoms with E-state index in [1.807, 2.05) is 0 Å². The van der Waals surface area contributed by atoms with Gasteiger partial charge in [0.15, 0.2) is 0 Å². The summed E-state index contributed by atoms with van der Waals surface area (Å²) in [6, 6.07) is 3.13. The number of H-pyrrole nitrogens is 1. The zero-order valence-electron chi connectivity index (χ0n) is 10.7. The van der Waals surface area contributed by atoms with Crippen LogP contribution in [0.3, 0.4) is 0 Å². The van der Waals surface area contributed by atoms with Crippen molar-refractivity contribution in [3.8, 4) is 0 Å². The van der Waals surface area contributed by atoms with E-state index in [2.05, 4.69) is 4.98 Å². The summed E-state index contributed by atoms with van der Waals surface area (Å²) in [5.41, 5.74) is -0.249. The Hall–Kier alpha value is -2.11. The molecule has 1 amide bonds. The molecule has 6 heteroatoms. The van der Waals surface area contributed by atoms with Crippen LogP contribution in [0, 0.1) is 5.92 Å². The van der Waals surface area contributed by atoms with E-state index in [0.29, 0.717) is 25.9 Å². The average molecular weight is 264 g/mol. The number of hydrogen-bond acceptors (Lipinski definition) is 4. The van der Waals surface area contributed by atoms with E-state index in [1.165, 1.54) is 19.4 Å². The number of ether oxygens (including phenoxy) is 1. The fraction of sp³-hybridized carbons (Fsp3) is 0.462. The number of aromatic amines is 1. The highest BCUT2D eigenvalue weighted by molar-refractivity contribution is 5.94. The van der Waals surface area contributed by atoms with Crippen LogP contribution in [0.4, 0.5) is 0 Å². The predicted octanol–water partition coefficient (Wildman–Crippen LogP) is 0.400. The number of esters is 1. The van der Waals surface area contributed by atoms with Crippen LogP contribution in [0.5, 0.6) is 0 Å². The molecule has 0 radical (unpaired) electrons. The number of methoxy groups -OCH3 is 1. The third-order valence-corrected chi connectivity index (χ3v) is 3.37. The second-order valence-electron chi connectivity index (χ2n) is 4.50. The molecule has 0 unspecified atom stereocenters. The lowest BCUT2D eigenvalue weighted by Crippen LogP contribution is -2.42. The van der Waals surface area contributed by atoms with E-state index in [1.54, 1.807) is 11.0 Å². The molecule has 1 saturated heterocycles. The van der Waals surface area contributed by atoms with Gasteiger partial charge >= 0.3 is 5.97 Å². The maximum atomic E-state index is 12.2. The van der Waals surface area contributed by atoms with Crippen LogP contribution in [-0.4, -0.2) is 42.0 Å². The van der Waals surface area contributed by atoms with Crippen LogP contribution in [0.1, 0.15) is 23.2 Å². The Balaban J connectivity index is 2.02. The minimum Gasteiger partial charge on any atom is -0.469 e. The van der Waals surface area contributed by atoms with Crippen LogP contribution >= 0.6 is 0 Å². The Kier molecular flexibility index (Phi) is 3.99. The van der Waals surface area contributed by atoms with Gasteiger partial charge in [0.05, 0.1) is 13.0 Å². The van der Waals surface area contributed by atoms with Crippen molar-refractivity contribution in [2.75, 3.05) is 20.2 Å². The highest BCUT2D eigenvalue weighted by atomic mass is 16.5. The fourth-order valence-corrected chi connectivity index (χ4v) is 2.25. The summed E-state index contributed by atoms with van der Waals surface area (Å²) in [6.07, 6.45) is 2.63. The Morgan fingerprint density at radius 3 is 2.63 bits per heavy atom. The molecule has 2 rings (SSSR count). The first-order valence-electron chi connectivity index (χ1n) is 6.18. The molecule has 1 fully saturated rings. The van der Waals surface area contributed by atoms with Gasteiger partial charge in [0.1, 0.15) is 5.56 Å². The number of carbonyl (C=O) groups excluding carboxylic acids is 2. The maximum Gasteiger partial charge on any atom is 0.308 e. The van der Waals surface area contributed by atoms with Crippen LogP contribution in [0.2, 0.25) is 0 Å². The number of rotatable bonds is 2. The molecule has 2 heterocycles. The molecule has 1 N–H and O–H groups in total. The first-order valence-corrected chi connectivity index (χ1v) is 6.18. The fourth-order valence-electron chi connectivity index (χ4n) is 2.25. The predicted molar refractivity (Wildman–Crippen MR) is 67.7 cm³/mol. The number of likely N-dealkylation sites (tertiary alicyclic amines) is 1. The standard InChI is InChI=1S/C13H16N2O4/c1-19-13(18)9-4-7-15(8-5-9)12(17)10-3-2-6-14-11(10)16/h2-3,6,9H,4-5,7-8H2,1H3,(H,14,16). The maximum absolute atomic E-state index is 12.2. The van der Waals surface area contributed by atoms with E-state index in [9.17, 15) is 14.4 Å². The molecule has 19 heavy (non-hydrogen) atoms. The highest BCUT2D eigenvalue weighted by Gasteiger charge is 2.28. The average Bonchev–Trinajstić information content (AvgIpc) is 2.46. The molecule has 0 aromatic carbocycles. The topological polar surface area (TPSA) is 79.5 Å². The van der Waals surface area contributed by atoms with Gasteiger partial charge in [-0.3, -0.25) is 14.4 Å². The third-order valence-electron chi connectivity index (χ3n) is 3.37. The number of amides is 1. The summed E-state index contributed by atoms with van der Waals surface area (Å²) >= 11 is 0. The SMILES string of the molecule is COC(=O)C1CCN(C(=O)c2ccc[nH]c2=O)CC1. The van der Waals surface area contributed by atoms with Crippen molar-refractivity contribution < 1.29 is 14.3 Å². The summed E-state index contributed by atoms with van der Waals surface area (Å²) in [5, 5.41) is 0. The molecule has 0 atom stereocenters. The zero-order valence-corrected chi connectivity index (χ0v) is 10.7. The second kappa shape index (κ2) is 5.69. The largest absolute Gasteiger partial charge is 0.469 e. The first-order chi connectivity index (χ1) is 9.13. The Bertz CT molecular complexity index is 529. The first kappa shape index (κ1) is 13.3. The number of aromatic nitrogens is 1. The molecular formula is C13H16N2O4. The lowest BCUT2D eigenvalue weighted by molar-refractivity contribution is -0.146. The lowest BCUT2D eigenvalue weighted by Gasteiger charge is -2.30. The summed E-state index contributed by atoms with van der Waals surface area (Å²) < 4.78 is 4.69. The second-order valence-corrected chi connectivity index (χ2v) is 4.50. The Morgan fingerprint density at radius 2 is 2.05 bits per heavy atom. The van der Waals surface area contributed by atoms with Crippen molar-refractivity contribution in [1.29, 1.82) is 0 Å². The van der Waals surface area contributed by atoms with Gasteiger partial charge in [0.2, 0.25) is 0 Å². The highest BCUT2D eigenvalue weighted by Crippen LogP contribution is 2.19. The molecule has 0 bridgehead atoms. The van der Waals surface area contributed by atoms with Crippen LogP contribution in [0.25, 0.3) is 0 Å². The van der Waals surface area contributed by atoms with Crippen LogP contribution < -0.4 is 5.56 Å². The lowest BCUT2D eigenvalue weighted by atomic mass is 9.96. The number of nitrogens with zero attached hydrogens (tertiary/aromatic N) is 1. The molecule has 1 aliphatic heterocycles. The van der Waals surface area contributed by atoms with Gasteiger partial charge < -0.3 is 14.6 Å². The van der Waals surface area contributed by atoms with Gasteiger partial charge in [-0.05, 0) is 25.0 Å². The zero-order chi connectivity index (χ0) is 13.8. The molecule has 0 spiro atoms. The van der Waals surface area contributed by atoms with Gasteiger partial charge in [-0.15, -0.1) is 0 Å². The summed E-state index contributed by atoms with van der Waals surface area (Å²) in [5.74, 6) is -0.669. The van der Waals surface area contributed by atoms with Crippen LogP contribution in [-0.2, 0) is 9.53 Å². The number of piperidine rings is 1. The van der Waals surface area contributed by atoms with E-state index in [0.717, 1.165) is 0 Å². The molecule has 1 aromatic rings. The molecule has 1 aromatic heterocycles. The molecular weight excluding hydrogens is 248 g/mol. The molecule has 0 saturated carbocycles.